The molecular formula is C32H19N. The maximum Gasteiger partial charge on any atom is 0.0619 e. The van der Waals surface area contributed by atoms with E-state index in [-0.39, 0.29) is 0 Å². The zero-order chi connectivity index (χ0) is 21.5. The Bertz CT molecular complexity index is 2070. The largest absolute Gasteiger partial charge is 0.314 e. The monoisotopic (exact) mass is 417 g/mol. The molecule has 0 N–H and O–H groups in total. The molecule has 152 valence electrons. The number of fused-ring (bicyclic) bond motifs is 14. The number of pyridine rings is 1. The highest BCUT2D eigenvalue weighted by atomic mass is 14.9. The zero-order valence-electron chi connectivity index (χ0n) is 17.9. The molecule has 2 heterocycles. The van der Waals surface area contributed by atoms with E-state index in [9.17, 15) is 0 Å². The van der Waals surface area contributed by atoms with E-state index in [4.69, 9.17) is 0 Å². The molecule has 0 aliphatic heterocycles. The number of aromatic nitrogens is 1. The van der Waals surface area contributed by atoms with Crippen molar-refractivity contribution < 1.29 is 0 Å². The number of rotatable bonds is 0. The zero-order valence-corrected chi connectivity index (χ0v) is 17.9. The van der Waals surface area contributed by atoms with Crippen LogP contribution in [0.2, 0.25) is 0 Å². The van der Waals surface area contributed by atoms with Gasteiger partial charge in [-0.15, -0.1) is 0 Å². The second-order valence-electron chi connectivity index (χ2n) is 8.99. The van der Waals surface area contributed by atoms with Crippen LogP contribution in [0.1, 0.15) is 0 Å². The second-order valence-corrected chi connectivity index (χ2v) is 8.99. The maximum atomic E-state index is 2.45. The van der Waals surface area contributed by atoms with Gasteiger partial charge in [0.1, 0.15) is 0 Å². The third-order valence-electron chi connectivity index (χ3n) is 7.28. The minimum atomic E-state index is 1.27. The lowest BCUT2D eigenvalue weighted by molar-refractivity contribution is 1.31. The van der Waals surface area contributed by atoms with Crippen molar-refractivity contribution in [1.29, 1.82) is 0 Å². The van der Waals surface area contributed by atoms with Crippen LogP contribution in [0.25, 0.3) is 70.3 Å². The molecule has 0 radical (unpaired) electrons. The van der Waals surface area contributed by atoms with Gasteiger partial charge in [0.05, 0.1) is 11.0 Å². The fourth-order valence-corrected chi connectivity index (χ4v) is 5.90. The van der Waals surface area contributed by atoms with E-state index in [0.29, 0.717) is 0 Å². The molecule has 0 aliphatic rings. The fraction of sp³-hybridized carbons (Fsp3) is 0. The van der Waals surface area contributed by atoms with Crippen molar-refractivity contribution in [3.8, 4) is 0 Å². The summed E-state index contributed by atoms with van der Waals surface area (Å²) in [6, 6.07) is 40.0. The molecule has 2 aromatic heterocycles. The highest BCUT2D eigenvalue weighted by molar-refractivity contribution is 6.34. The van der Waals surface area contributed by atoms with E-state index in [0.717, 1.165) is 0 Å². The van der Waals surface area contributed by atoms with E-state index in [1.165, 1.54) is 70.3 Å². The molecular weight excluding hydrogens is 398 g/mol. The Hall–Kier alpha value is -4.36. The lowest BCUT2D eigenvalue weighted by Crippen LogP contribution is -1.93. The van der Waals surface area contributed by atoms with E-state index in [1.807, 2.05) is 0 Å². The molecule has 0 atom stereocenters. The number of benzene rings is 6. The fourth-order valence-electron chi connectivity index (χ4n) is 5.90. The van der Waals surface area contributed by atoms with Crippen LogP contribution in [0.5, 0.6) is 0 Å². The standard InChI is InChI=1S/C32H19N/c1-2-10-21-18-29-28(17-20(21)9-1)30-26-15-7-5-13-24(26)25-14-6-8-16-27(25)32(30)33-19-22-11-3-4-12-23(22)31(29)33/h1-19H. The number of nitrogens with zero attached hydrogens (tertiary/aromatic N) is 1. The van der Waals surface area contributed by atoms with Gasteiger partial charge in [-0.2, -0.15) is 0 Å². The molecule has 8 aromatic rings. The molecule has 0 unspecified atom stereocenters. The summed E-state index contributed by atoms with van der Waals surface area (Å²) in [5, 5.41) is 14.3. The van der Waals surface area contributed by atoms with Gasteiger partial charge in [0, 0.05) is 33.1 Å². The maximum absolute atomic E-state index is 2.45. The van der Waals surface area contributed by atoms with E-state index in [2.05, 4.69) is 120 Å². The number of hydrogen-bond donors (Lipinski definition) is 0. The van der Waals surface area contributed by atoms with Crippen LogP contribution in [-0.2, 0) is 0 Å². The summed E-state index contributed by atoms with van der Waals surface area (Å²) in [5.41, 5.74) is 2.58. The third kappa shape index (κ3) is 2.16. The molecule has 0 fully saturated rings. The van der Waals surface area contributed by atoms with Crippen LogP contribution >= 0.6 is 0 Å². The molecule has 1 nitrogen and oxygen atoms in total. The minimum Gasteiger partial charge on any atom is -0.314 e. The first-order valence-corrected chi connectivity index (χ1v) is 11.5. The molecule has 0 saturated heterocycles. The SMILES string of the molecule is c1ccc2cc3c(cc2c1)c1c2ccccc2c2ccccc2c1n1cc2ccccc2c31. The van der Waals surface area contributed by atoms with Gasteiger partial charge in [0.15, 0.2) is 0 Å². The molecule has 0 spiro atoms. The quantitative estimate of drug-likeness (QED) is 0.171. The van der Waals surface area contributed by atoms with Crippen LogP contribution in [0.3, 0.4) is 0 Å². The van der Waals surface area contributed by atoms with Gasteiger partial charge < -0.3 is 4.40 Å². The smallest absolute Gasteiger partial charge is 0.0619 e. The average molecular weight is 418 g/mol. The normalized spacial score (nSPS) is 12.2. The summed E-state index contributed by atoms with van der Waals surface area (Å²) in [6.45, 7) is 0. The molecule has 0 saturated carbocycles. The molecule has 0 amide bonds. The van der Waals surface area contributed by atoms with E-state index < -0.39 is 0 Å². The Kier molecular flexibility index (Phi) is 3.19. The Morgan fingerprint density at radius 2 is 0.879 bits per heavy atom. The first-order chi connectivity index (χ1) is 16.4. The predicted octanol–water partition coefficient (Wildman–Crippen LogP) is 8.86. The molecule has 0 bridgehead atoms. The highest BCUT2D eigenvalue weighted by Crippen LogP contribution is 2.43. The second kappa shape index (κ2) is 6.11. The summed E-state index contributed by atoms with van der Waals surface area (Å²) >= 11 is 0. The topological polar surface area (TPSA) is 4.41 Å². The van der Waals surface area contributed by atoms with Crippen LogP contribution in [0.15, 0.2) is 115 Å². The van der Waals surface area contributed by atoms with Crippen molar-refractivity contribution in [2.45, 2.75) is 0 Å². The molecule has 0 aliphatic carbocycles. The van der Waals surface area contributed by atoms with Crippen molar-refractivity contribution in [3.05, 3.63) is 115 Å². The summed E-state index contributed by atoms with van der Waals surface area (Å²) in [4.78, 5) is 0. The summed E-state index contributed by atoms with van der Waals surface area (Å²) in [6.07, 6.45) is 2.32. The van der Waals surface area contributed by atoms with Gasteiger partial charge in [-0.05, 0) is 44.5 Å². The summed E-state index contributed by atoms with van der Waals surface area (Å²) < 4.78 is 2.45. The lowest BCUT2D eigenvalue weighted by Gasteiger charge is -2.16. The van der Waals surface area contributed by atoms with Gasteiger partial charge in [-0.1, -0.05) is 97.1 Å². The molecule has 8 rings (SSSR count). The van der Waals surface area contributed by atoms with Crippen molar-refractivity contribution in [2.24, 2.45) is 0 Å². The van der Waals surface area contributed by atoms with E-state index >= 15 is 0 Å². The Balaban J connectivity index is 1.84. The van der Waals surface area contributed by atoms with Crippen molar-refractivity contribution in [1.82, 2.24) is 4.40 Å². The first kappa shape index (κ1) is 17.2. The Morgan fingerprint density at radius 3 is 1.61 bits per heavy atom. The number of hydrogen-bond acceptors (Lipinski definition) is 0. The van der Waals surface area contributed by atoms with Gasteiger partial charge in [-0.3, -0.25) is 0 Å². The van der Waals surface area contributed by atoms with Crippen LogP contribution < -0.4 is 0 Å². The van der Waals surface area contributed by atoms with Crippen LogP contribution in [0.4, 0.5) is 0 Å². The van der Waals surface area contributed by atoms with Gasteiger partial charge in [-0.25, -0.2) is 0 Å². The van der Waals surface area contributed by atoms with Crippen molar-refractivity contribution >= 4 is 70.3 Å². The van der Waals surface area contributed by atoms with Crippen LogP contribution in [0, 0.1) is 0 Å². The third-order valence-corrected chi connectivity index (χ3v) is 7.28. The highest BCUT2D eigenvalue weighted by Gasteiger charge is 2.18. The van der Waals surface area contributed by atoms with Gasteiger partial charge >= 0.3 is 0 Å². The molecule has 6 aromatic carbocycles. The van der Waals surface area contributed by atoms with Crippen molar-refractivity contribution in [2.75, 3.05) is 0 Å². The first-order valence-electron chi connectivity index (χ1n) is 11.5. The summed E-state index contributed by atoms with van der Waals surface area (Å²) in [7, 11) is 0. The predicted molar refractivity (Wildman–Crippen MR) is 142 cm³/mol. The van der Waals surface area contributed by atoms with E-state index in [1.54, 1.807) is 0 Å². The van der Waals surface area contributed by atoms with Gasteiger partial charge in [0.2, 0.25) is 0 Å². The Labute approximate surface area is 190 Å². The summed E-state index contributed by atoms with van der Waals surface area (Å²) in [5.74, 6) is 0. The minimum absolute atomic E-state index is 1.27. The van der Waals surface area contributed by atoms with Crippen LogP contribution in [-0.4, -0.2) is 4.40 Å². The molecule has 1 heteroatoms. The Morgan fingerprint density at radius 1 is 0.364 bits per heavy atom. The average Bonchev–Trinajstić information content (AvgIpc) is 3.27. The lowest BCUT2D eigenvalue weighted by atomic mass is 9.92. The molecule has 33 heavy (non-hydrogen) atoms. The van der Waals surface area contributed by atoms with Crippen molar-refractivity contribution in [3.63, 3.8) is 0 Å². The van der Waals surface area contributed by atoms with Gasteiger partial charge in [0.25, 0.3) is 0 Å².